The van der Waals surface area contributed by atoms with Crippen molar-refractivity contribution in [1.82, 2.24) is 0 Å². The van der Waals surface area contributed by atoms with Crippen molar-refractivity contribution >= 4 is 39.0 Å². The van der Waals surface area contributed by atoms with Crippen molar-refractivity contribution in [2.75, 3.05) is 14.2 Å². The van der Waals surface area contributed by atoms with E-state index < -0.39 is 11.9 Å². The number of allylic oxidation sites excluding steroid dienone is 1. The van der Waals surface area contributed by atoms with Crippen LogP contribution in [0.3, 0.4) is 0 Å². The third kappa shape index (κ3) is 4.33. The Morgan fingerprint density at radius 2 is 1.81 bits per heavy atom. The molecule has 3 aromatic carbocycles. The van der Waals surface area contributed by atoms with Gasteiger partial charge in [-0.05, 0) is 30.7 Å². The summed E-state index contributed by atoms with van der Waals surface area (Å²) in [5.74, 6) is 0.589. The van der Waals surface area contributed by atoms with Crippen molar-refractivity contribution in [3.63, 3.8) is 0 Å². The van der Waals surface area contributed by atoms with E-state index in [1.165, 1.54) is 11.3 Å². The van der Waals surface area contributed by atoms with E-state index in [0.717, 1.165) is 15.6 Å². The van der Waals surface area contributed by atoms with Crippen molar-refractivity contribution in [3.05, 3.63) is 92.6 Å². The van der Waals surface area contributed by atoms with Gasteiger partial charge in [0.2, 0.25) is 5.88 Å². The molecule has 37 heavy (non-hydrogen) atoms. The number of nitriles is 1. The SMILES string of the molecule is COc1ccc(C2C(C#N)=C(N)Oc3cc(OC(=O)c4sc5cc(C)ccc5c4Cl)ccc32)c(OC)c1. The van der Waals surface area contributed by atoms with Gasteiger partial charge in [0.15, 0.2) is 0 Å². The molecule has 0 saturated carbocycles. The highest BCUT2D eigenvalue weighted by atomic mass is 35.5. The first-order valence-corrected chi connectivity index (χ1v) is 12.4. The molecule has 0 amide bonds. The van der Waals surface area contributed by atoms with E-state index in [2.05, 4.69) is 6.07 Å². The first-order valence-electron chi connectivity index (χ1n) is 11.2. The first kappa shape index (κ1) is 24.5. The van der Waals surface area contributed by atoms with E-state index in [0.29, 0.717) is 38.3 Å². The number of thiophene rings is 1. The average molecular weight is 533 g/mol. The molecule has 186 valence electrons. The molecule has 2 N–H and O–H groups in total. The quantitative estimate of drug-likeness (QED) is 0.237. The number of nitrogens with two attached hydrogens (primary N) is 1. The number of carbonyl (C=O) groups excluding carboxylic acids is 1. The number of hydrogen-bond donors (Lipinski definition) is 1. The van der Waals surface area contributed by atoms with Crippen molar-refractivity contribution in [2.24, 2.45) is 5.73 Å². The van der Waals surface area contributed by atoms with Crippen molar-refractivity contribution in [3.8, 4) is 29.1 Å². The number of fused-ring (bicyclic) bond motifs is 2. The lowest BCUT2D eigenvalue weighted by atomic mass is 9.83. The van der Waals surface area contributed by atoms with Crippen LogP contribution in [0.25, 0.3) is 10.1 Å². The maximum Gasteiger partial charge on any atom is 0.355 e. The summed E-state index contributed by atoms with van der Waals surface area (Å²) in [6.07, 6.45) is 0. The summed E-state index contributed by atoms with van der Waals surface area (Å²) in [7, 11) is 3.10. The van der Waals surface area contributed by atoms with Gasteiger partial charge in [0, 0.05) is 33.3 Å². The van der Waals surface area contributed by atoms with Crippen LogP contribution in [0.1, 0.15) is 32.3 Å². The summed E-state index contributed by atoms with van der Waals surface area (Å²) >= 11 is 7.76. The molecular weight excluding hydrogens is 512 g/mol. The minimum Gasteiger partial charge on any atom is -0.497 e. The second-order valence-corrected chi connectivity index (χ2v) is 9.80. The Labute approximate surface area is 222 Å². The Bertz CT molecular complexity index is 1640. The lowest BCUT2D eigenvalue weighted by Crippen LogP contribution is -2.21. The molecule has 5 rings (SSSR count). The standard InChI is InChI=1S/C28H21ClN2O5S/c1-14-4-7-19-23(10-14)37-26(25(19)29)28(32)35-16-6-9-18-22(12-16)36-27(31)20(13-30)24(18)17-8-5-15(33-2)11-21(17)34-3/h4-12,24H,31H2,1-3H3. The zero-order valence-electron chi connectivity index (χ0n) is 20.1. The molecule has 0 spiro atoms. The fraction of sp³-hybridized carbons (Fsp3) is 0.143. The Balaban J connectivity index is 1.51. The molecule has 0 saturated heterocycles. The molecule has 1 aliphatic heterocycles. The number of ether oxygens (including phenoxy) is 4. The average Bonchev–Trinajstić information content (AvgIpc) is 3.22. The molecule has 0 aliphatic carbocycles. The molecule has 7 nitrogen and oxygen atoms in total. The van der Waals surface area contributed by atoms with Crippen LogP contribution in [-0.2, 0) is 0 Å². The van der Waals surface area contributed by atoms with Gasteiger partial charge < -0.3 is 24.7 Å². The molecule has 1 aromatic heterocycles. The maximum atomic E-state index is 13.0. The molecular formula is C28H21ClN2O5S. The number of carbonyl (C=O) groups is 1. The van der Waals surface area contributed by atoms with Crippen LogP contribution in [0.4, 0.5) is 0 Å². The Hall–Kier alpha value is -4.19. The molecule has 1 atom stereocenters. The number of aryl methyl sites for hydroxylation is 1. The molecule has 0 bridgehead atoms. The first-order chi connectivity index (χ1) is 17.8. The molecule has 1 aliphatic rings. The molecule has 0 radical (unpaired) electrons. The third-order valence-electron chi connectivity index (χ3n) is 6.12. The number of methoxy groups -OCH3 is 2. The van der Waals surface area contributed by atoms with Gasteiger partial charge in [-0.1, -0.05) is 35.9 Å². The van der Waals surface area contributed by atoms with Crippen LogP contribution in [0.5, 0.6) is 23.0 Å². The topological polar surface area (TPSA) is 104 Å². The predicted octanol–water partition coefficient (Wildman–Crippen LogP) is 6.32. The lowest BCUT2D eigenvalue weighted by Gasteiger charge is -2.27. The summed E-state index contributed by atoms with van der Waals surface area (Å²) in [5.41, 5.74) is 8.84. The number of benzene rings is 3. The predicted molar refractivity (Wildman–Crippen MR) is 142 cm³/mol. The highest BCUT2D eigenvalue weighted by Crippen LogP contribution is 2.46. The van der Waals surface area contributed by atoms with Crippen LogP contribution in [-0.4, -0.2) is 20.2 Å². The number of nitrogens with zero attached hydrogens (tertiary/aromatic N) is 1. The van der Waals surface area contributed by atoms with E-state index in [1.807, 2.05) is 31.2 Å². The smallest absolute Gasteiger partial charge is 0.355 e. The Morgan fingerprint density at radius 3 is 2.54 bits per heavy atom. The van der Waals surface area contributed by atoms with E-state index in [4.69, 9.17) is 36.3 Å². The zero-order valence-corrected chi connectivity index (χ0v) is 21.7. The van der Waals surface area contributed by atoms with Crippen molar-refractivity contribution < 1.29 is 23.7 Å². The van der Waals surface area contributed by atoms with Gasteiger partial charge in [-0.25, -0.2) is 4.79 Å². The van der Waals surface area contributed by atoms with Crippen LogP contribution in [0.15, 0.2) is 66.1 Å². The monoisotopic (exact) mass is 532 g/mol. The summed E-state index contributed by atoms with van der Waals surface area (Å²) in [6.45, 7) is 1.98. The van der Waals surface area contributed by atoms with Crippen LogP contribution < -0.4 is 24.7 Å². The Kier molecular flexibility index (Phi) is 6.42. The minimum absolute atomic E-state index is 0.0377. The van der Waals surface area contributed by atoms with Gasteiger partial charge in [0.05, 0.1) is 25.2 Å². The number of hydrogen-bond acceptors (Lipinski definition) is 8. The fourth-order valence-electron chi connectivity index (χ4n) is 4.33. The van der Waals surface area contributed by atoms with Gasteiger partial charge in [-0.2, -0.15) is 5.26 Å². The summed E-state index contributed by atoms with van der Waals surface area (Å²) < 4.78 is 23.2. The van der Waals surface area contributed by atoms with Gasteiger partial charge in [0.25, 0.3) is 0 Å². The highest BCUT2D eigenvalue weighted by molar-refractivity contribution is 7.21. The maximum absolute atomic E-state index is 13.0. The molecule has 9 heteroatoms. The van der Waals surface area contributed by atoms with E-state index >= 15 is 0 Å². The highest BCUT2D eigenvalue weighted by Gasteiger charge is 2.33. The summed E-state index contributed by atoms with van der Waals surface area (Å²) in [4.78, 5) is 13.3. The third-order valence-corrected chi connectivity index (χ3v) is 7.76. The van der Waals surface area contributed by atoms with Crippen molar-refractivity contribution in [1.29, 1.82) is 5.26 Å². The minimum atomic E-state index is -0.575. The normalized spacial score (nSPS) is 14.5. The van der Waals surface area contributed by atoms with E-state index in [1.54, 1.807) is 44.6 Å². The second-order valence-electron chi connectivity index (χ2n) is 8.37. The van der Waals surface area contributed by atoms with E-state index in [9.17, 15) is 10.1 Å². The molecule has 4 aromatic rings. The lowest BCUT2D eigenvalue weighted by molar-refractivity contribution is 0.0740. The fourth-order valence-corrected chi connectivity index (χ4v) is 5.82. The van der Waals surface area contributed by atoms with Crippen LogP contribution >= 0.6 is 22.9 Å². The van der Waals surface area contributed by atoms with Gasteiger partial charge >= 0.3 is 5.97 Å². The van der Waals surface area contributed by atoms with Gasteiger partial charge in [-0.15, -0.1) is 11.3 Å². The van der Waals surface area contributed by atoms with Crippen molar-refractivity contribution in [2.45, 2.75) is 12.8 Å². The molecule has 2 heterocycles. The number of rotatable bonds is 5. The van der Waals surface area contributed by atoms with Crippen LogP contribution in [0.2, 0.25) is 5.02 Å². The van der Waals surface area contributed by atoms with Gasteiger partial charge in [-0.3, -0.25) is 0 Å². The van der Waals surface area contributed by atoms with E-state index in [-0.39, 0.29) is 17.2 Å². The second kappa shape index (κ2) is 9.69. The molecule has 1 unspecified atom stereocenters. The number of esters is 1. The largest absolute Gasteiger partial charge is 0.497 e. The molecule has 0 fully saturated rings. The summed E-state index contributed by atoms with van der Waals surface area (Å²) in [5, 5.41) is 11.0. The van der Waals surface area contributed by atoms with Crippen LogP contribution in [0, 0.1) is 18.3 Å². The zero-order chi connectivity index (χ0) is 26.3. The van der Waals surface area contributed by atoms with Gasteiger partial charge in [0.1, 0.15) is 39.5 Å². The summed E-state index contributed by atoms with van der Waals surface area (Å²) in [6, 6.07) is 18.3. The number of halogens is 1. The Morgan fingerprint density at radius 1 is 1.05 bits per heavy atom.